The molecular formula is C15H17ClN4O4S3. The normalized spacial score (nSPS) is 15.6. The van der Waals surface area contributed by atoms with Crippen molar-refractivity contribution in [3.05, 3.63) is 28.8 Å². The molecule has 12 heteroatoms. The van der Waals surface area contributed by atoms with Crippen LogP contribution >= 0.6 is 34.7 Å². The van der Waals surface area contributed by atoms with Crippen molar-refractivity contribution in [1.29, 1.82) is 0 Å². The average molecular weight is 449 g/mol. The van der Waals surface area contributed by atoms with Gasteiger partial charge in [-0.1, -0.05) is 41.6 Å². The Labute approximate surface area is 170 Å². The molecule has 27 heavy (non-hydrogen) atoms. The summed E-state index contributed by atoms with van der Waals surface area (Å²) >= 11 is 8.88. The maximum atomic E-state index is 12.8. The lowest BCUT2D eigenvalue weighted by atomic mass is 10.2. The van der Waals surface area contributed by atoms with Crippen molar-refractivity contribution in [3.63, 3.8) is 0 Å². The zero-order valence-corrected chi connectivity index (χ0v) is 17.6. The van der Waals surface area contributed by atoms with Crippen LogP contribution in [0.3, 0.4) is 0 Å². The highest BCUT2D eigenvalue weighted by atomic mass is 35.5. The Morgan fingerprint density at radius 2 is 2.11 bits per heavy atom. The summed E-state index contributed by atoms with van der Waals surface area (Å²) in [5.74, 6) is 0.304. The summed E-state index contributed by atoms with van der Waals surface area (Å²) in [6, 6.07) is 4.08. The molecule has 1 aliphatic heterocycles. The van der Waals surface area contributed by atoms with Gasteiger partial charge in [0.05, 0.1) is 28.7 Å². The van der Waals surface area contributed by atoms with Gasteiger partial charge in [-0.3, -0.25) is 10.1 Å². The van der Waals surface area contributed by atoms with Gasteiger partial charge in [-0.25, -0.2) is 8.42 Å². The Bertz CT molecular complexity index is 929. The number of halogens is 1. The number of carbonyl (C=O) groups excluding carboxylic acids is 1. The summed E-state index contributed by atoms with van der Waals surface area (Å²) in [4.78, 5) is 12.6. The van der Waals surface area contributed by atoms with E-state index in [1.165, 1.54) is 45.6 Å². The first kappa shape index (κ1) is 20.5. The van der Waals surface area contributed by atoms with Gasteiger partial charge >= 0.3 is 0 Å². The first-order valence-corrected chi connectivity index (χ1v) is 11.7. The fourth-order valence-corrected chi connectivity index (χ4v) is 5.66. The Morgan fingerprint density at radius 3 is 2.81 bits per heavy atom. The molecule has 2 aromatic rings. The topological polar surface area (TPSA) is 101 Å². The molecule has 0 aliphatic carbocycles. The van der Waals surface area contributed by atoms with Crippen molar-refractivity contribution < 1.29 is 17.9 Å². The summed E-state index contributed by atoms with van der Waals surface area (Å²) < 4.78 is 32.8. The van der Waals surface area contributed by atoms with Crippen LogP contribution in [0.2, 0.25) is 5.02 Å². The molecule has 1 aromatic carbocycles. The quantitative estimate of drug-likeness (QED) is 0.535. The lowest BCUT2D eigenvalue weighted by Gasteiger charge is -2.26. The molecule has 0 saturated carbocycles. The van der Waals surface area contributed by atoms with E-state index < -0.39 is 15.9 Å². The lowest BCUT2D eigenvalue weighted by molar-refractivity contribution is 0.0730. The first-order valence-electron chi connectivity index (χ1n) is 8.07. The third-order valence-corrected chi connectivity index (χ3v) is 7.76. The molecule has 3 rings (SSSR count). The Hall–Kier alpha value is -1.24. The number of benzene rings is 1. The molecule has 146 valence electrons. The first-order chi connectivity index (χ1) is 12.9. The minimum atomic E-state index is -3.72. The number of amides is 1. The van der Waals surface area contributed by atoms with Crippen molar-refractivity contribution in [1.82, 2.24) is 14.5 Å². The number of anilines is 1. The maximum Gasteiger partial charge on any atom is 0.259 e. The predicted molar refractivity (Wildman–Crippen MR) is 105 cm³/mol. The number of thioether (sulfide) groups is 1. The minimum absolute atomic E-state index is 0.0124. The van der Waals surface area contributed by atoms with Gasteiger partial charge in [0, 0.05) is 13.1 Å². The monoisotopic (exact) mass is 448 g/mol. The molecule has 1 aromatic heterocycles. The van der Waals surface area contributed by atoms with Gasteiger partial charge in [0.2, 0.25) is 15.2 Å². The average Bonchev–Trinajstić information content (AvgIpc) is 3.10. The van der Waals surface area contributed by atoms with Gasteiger partial charge in [0.1, 0.15) is 0 Å². The second kappa shape index (κ2) is 8.84. The van der Waals surface area contributed by atoms with E-state index in [0.29, 0.717) is 18.3 Å². The van der Waals surface area contributed by atoms with Gasteiger partial charge in [0.15, 0.2) is 4.34 Å². The van der Waals surface area contributed by atoms with E-state index in [2.05, 4.69) is 15.5 Å². The smallest absolute Gasteiger partial charge is 0.259 e. The Balaban J connectivity index is 1.82. The second-order valence-corrected chi connectivity index (χ2v) is 10.3. The van der Waals surface area contributed by atoms with Crippen LogP contribution < -0.4 is 5.32 Å². The van der Waals surface area contributed by atoms with Crippen LogP contribution in [-0.2, 0) is 14.8 Å². The number of rotatable bonds is 6. The zero-order chi connectivity index (χ0) is 19.4. The van der Waals surface area contributed by atoms with Crippen molar-refractivity contribution in [2.24, 2.45) is 0 Å². The van der Waals surface area contributed by atoms with E-state index >= 15 is 0 Å². The van der Waals surface area contributed by atoms with Crippen molar-refractivity contribution in [2.75, 3.05) is 37.4 Å². The second-order valence-electron chi connectivity index (χ2n) is 5.42. The number of aromatic nitrogens is 2. The molecule has 8 nitrogen and oxygen atoms in total. The number of carbonyl (C=O) groups is 1. The highest BCUT2D eigenvalue weighted by Gasteiger charge is 2.27. The number of sulfonamides is 1. The molecule has 0 unspecified atom stereocenters. The van der Waals surface area contributed by atoms with Crippen LogP contribution in [0.25, 0.3) is 0 Å². The standard InChI is InChI=1S/C15H17ClN4O4S3/c1-2-25-15-19-18-14(26-15)17-13(21)11-9-10(3-4-12(11)16)27(22,23)20-5-7-24-8-6-20/h3-4,9H,2,5-8H2,1H3,(H,17,18,21). The largest absolute Gasteiger partial charge is 0.379 e. The number of morpholine rings is 1. The Kier molecular flexibility index (Phi) is 6.71. The van der Waals surface area contributed by atoms with Gasteiger partial charge in [-0.15, -0.1) is 10.2 Å². The third-order valence-electron chi connectivity index (χ3n) is 3.69. The summed E-state index contributed by atoms with van der Waals surface area (Å²) in [7, 11) is -3.72. The molecule has 0 radical (unpaired) electrons. The van der Waals surface area contributed by atoms with E-state index in [1.54, 1.807) is 0 Å². The van der Waals surface area contributed by atoms with E-state index in [-0.39, 0.29) is 28.6 Å². The molecule has 0 bridgehead atoms. The van der Waals surface area contributed by atoms with E-state index in [0.717, 1.165) is 10.1 Å². The molecule has 0 atom stereocenters. The van der Waals surface area contributed by atoms with Crippen molar-refractivity contribution in [2.45, 2.75) is 16.2 Å². The van der Waals surface area contributed by atoms with Crippen molar-refractivity contribution >= 4 is 55.8 Å². The molecule has 0 spiro atoms. The van der Waals surface area contributed by atoms with Gasteiger partial charge in [-0.2, -0.15) is 4.31 Å². The van der Waals surface area contributed by atoms with E-state index in [9.17, 15) is 13.2 Å². The molecule has 1 saturated heterocycles. The third kappa shape index (κ3) is 4.79. The fourth-order valence-electron chi connectivity index (χ4n) is 2.38. The highest BCUT2D eigenvalue weighted by Crippen LogP contribution is 2.27. The molecule has 1 amide bonds. The van der Waals surface area contributed by atoms with Gasteiger partial charge in [0.25, 0.3) is 5.91 Å². The molecule has 1 N–H and O–H groups in total. The fraction of sp³-hybridized carbons (Fsp3) is 0.400. The van der Waals surface area contributed by atoms with Crippen LogP contribution in [0.5, 0.6) is 0 Å². The zero-order valence-electron chi connectivity index (χ0n) is 14.3. The molecule has 1 aliphatic rings. The van der Waals surface area contributed by atoms with Crippen LogP contribution in [0, 0.1) is 0 Å². The molecule has 1 fully saturated rings. The van der Waals surface area contributed by atoms with Gasteiger partial charge in [-0.05, 0) is 24.0 Å². The lowest BCUT2D eigenvalue weighted by Crippen LogP contribution is -2.40. The number of nitrogens with zero attached hydrogens (tertiary/aromatic N) is 3. The van der Waals surface area contributed by atoms with E-state index in [4.69, 9.17) is 16.3 Å². The summed E-state index contributed by atoms with van der Waals surface area (Å²) in [6.07, 6.45) is 0. The van der Waals surface area contributed by atoms with Gasteiger partial charge < -0.3 is 4.74 Å². The maximum absolute atomic E-state index is 12.8. The molecule has 2 heterocycles. The predicted octanol–water partition coefficient (Wildman–Crippen LogP) is 2.58. The van der Waals surface area contributed by atoms with Crippen LogP contribution in [0.4, 0.5) is 5.13 Å². The highest BCUT2D eigenvalue weighted by molar-refractivity contribution is 8.01. The number of hydrogen-bond donors (Lipinski definition) is 1. The van der Waals surface area contributed by atoms with Crippen LogP contribution in [-0.4, -0.2) is 60.9 Å². The van der Waals surface area contributed by atoms with Crippen LogP contribution in [0.15, 0.2) is 27.4 Å². The summed E-state index contributed by atoms with van der Waals surface area (Å²) in [5.41, 5.74) is 0.0610. The van der Waals surface area contributed by atoms with Crippen molar-refractivity contribution in [3.8, 4) is 0 Å². The summed E-state index contributed by atoms with van der Waals surface area (Å²) in [5, 5.41) is 11.0. The van der Waals surface area contributed by atoms with E-state index in [1.807, 2.05) is 6.92 Å². The number of hydrogen-bond acceptors (Lipinski definition) is 8. The number of nitrogens with one attached hydrogen (secondary N) is 1. The van der Waals surface area contributed by atoms with Crippen LogP contribution in [0.1, 0.15) is 17.3 Å². The SMILES string of the molecule is CCSc1nnc(NC(=O)c2cc(S(=O)(=O)N3CCOCC3)ccc2Cl)s1. The molecular weight excluding hydrogens is 432 g/mol. The Morgan fingerprint density at radius 1 is 1.37 bits per heavy atom. The minimum Gasteiger partial charge on any atom is -0.379 e. The summed E-state index contributed by atoms with van der Waals surface area (Å²) in [6.45, 7) is 3.22. The number of ether oxygens (including phenoxy) is 1.